The van der Waals surface area contributed by atoms with E-state index in [1.54, 1.807) is 6.20 Å². The third kappa shape index (κ3) is 3.33. The Hall–Kier alpha value is -2.57. The van der Waals surface area contributed by atoms with Crippen molar-refractivity contribution >= 4 is 22.5 Å². The summed E-state index contributed by atoms with van der Waals surface area (Å²) in [4.78, 5) is 30.0. The molecule has 6 unspecified atom stereocenters. The van der Waals surface area contributed by atoms with Gasteiger partial charge >= 0.3 is 0 Å². The number of nitrogens with zero attached hydrogens (tertiary/aromatic N) is 1. The van der Waals surface area contributed by atoms with E-state index in [1.807, 2.05) is 43.3 Å². The first kappa shape index (κ1) is 23.8. The van der Waals surface area contributed by atoms with Crippen LogP contribution in [0.3, 0.4) is 0 Å². The predicted molar refractivity (Wildman–Crippen MR) is 135 cm³/mol. The van der Waals surface area contributed by atoms with Crippen molar-refractivity contribution in [3.8, 4) is 5.75 Å². The average molecular weight is 490 g/mol. The van der Waals surface area contributed by atoms with Crippen LogP contribution in [0.25, 0.3) is 10.9 Å². The number of aliphatic hydroxyl groups is 2. The number of pyridine rings is 1. The normalized spacial score (nSPS) is 39.7. The number of aromatic nitrogens is 1. The quantitative estimate of drug-likeness (QED) is 0.660. The van der Waals surface area contributed by atoms with Crippen LogP contribution in [0.5, 0.6) is 5.75 Å². The molecule has 0 bridgehead atoms. The largest absolute Gasteiger partial charge is 0.484 e. The molecule has 1 aromatic heterocycles. The van der Waals surface area contributed by atoms with Gasteiger partial charge in [0.05, 0.1) is 17.8 Å². The van der Waals surface area contributed by atoms with Crippen LogP contribution >= 0.6 is 0 Å². The van der Waals surface area contributed by atoms with Gasteiger partial charge in [-0.3, -0.25) is 14.6 Å². The average Bonchev–Trinajstić information content (AvgIpc) is 3.13. The van der Waals surface area contributed by atoms with Gasteiger partial charge in [0.1, 0.15) is 18.0 Å². The van der Waals surface area contributed by atoms with Gasteiger partial charge in [0.15, 0.2) is 5.78 Å². The summed E-state index contributed by atoms with van der Waals surface area (Å²) >= 11 is 0. The van der Waals surface area contributed by atoms with E-state index in [9.17, 15) is 19.8 Å². The summed E-state index contributed by atoms with van der Waals surface area (Å²) in [6, 6.07) is 9.58. The van der Waals surface area contributed by atoms with Crippen LogP contribution in [0.4, 0.5) is 0 Å². The lowest BCUT2D eigenvalue weighted by atomic mass is 9.45. The molecule has 0 radical (unpaired) electrons. The molecule has 0 aliphatic heterocycles. The number of ether oxygens (including phenoxy) is 1. The molecule has 2 N–H and O–H groups in total. The number of rotatable bonds is 4. The van der Waals surface area contributed by atoms with Gasteiger partial charge in [-0.1, -0.05) is 37.6 Å². The molecule has 36 heavy (non-hydrogen) atoms. The first-order valence-corrected chi connectivity index (χ1v) is 13.3. The summed E-state index contributed by atoms with van der Waals surface area (Å²) < 4.78 is 5.83. The molecule has 6 nitrogen and oxygen atoms in total. The van der Waals surface area contributed by atoms with Crippen LogP contribution in [0.15, 0.2) is 48.2 Å². The summed E-state index contributed by atoms with van der Waals surface area (Å²) in [7, 11) is 0. The highest BCUT2D eigenvalue weighted by molar-refractivity contribution is 5.92. The summed E-state index contributed by atoms with van der Waals surface area (Å²) in [6.07, 6.45) is 7.39. The summed E-state index contributed by atoms with van der Waals surface area (Å²) in [5.41, 5.74) is -0.391. The Labute approximate surface area is 211 Å². The van der Waals surface area contributed by atoms with Gasteiger partial charge in [-0.15, -0.1) is 0 Å². The van der Waals surface area contributed by atoms with Crippen molar-refractivity contribution in [2.75, 3.05) is 6.61 Å². The van der Waals surface area contributed by atoms with Crippen molar-refractivity contribution in [3.63, 3.8) is 0 Å². The first-order chi connectivity index (χ1) is 17.2. The number of hydrogen-bond donors (Lipinski definition) is 2. The molecule has 0 spiro atoms. The molecule has 6 heteroatoms. The van der Waals surface area contributed by atoms with Crippen LogP contribution in [0.1, 0.15) is 58.8 Å². The second-order valence-corrected chi connectivity index (χ2v) is 12.1. The van der Waals surface area contributed by atoms with Gasteiger partial charge in [0, 0.05) is 17.2 Å². The van der Waals surface area contributed by atoms with Gasteiger partial charge < -0.3 is 14.9 Å². The number of hydrogen-bond acceptors (Lipinski definition) is 6. The first-order valence-electron chi connectivity index (χ1n) is 13.3. The second-order valence-electron chi connectivity index (χ2n) is 12.1. The van der Waals surface area contributed by atoms with E-state index in [1.165, 1.54) is 5.57 Å². The molecule has 0 saturated heterocycles. The van der Waals surface area contributed by atoms with Crippen LogP contribution in [0.2, 0.25) is 0 Å². The fourth-order valence-electron chi connectivity index (χ4n) is 8.55. The summed E-state index contributed by atoms with van der Waals surface area (Å²) in [6.45, 7) is 3.99. The SMILES string of the molecule is CC12CCC(=O)C=C1CCC1C2C(O)CC2(C)C1CC[C@]2(O)C(=O)COc1cnc2ccccc2c1. The molecule has 1 aromatic carbocycles. The highest BCUT2D eigenvalue weighted by atomic mass is 16.5. The number of para-hydroxylation sites is 1. The maximum atomic E-state index is 13.5. The minimum Gasteiger partial charge on any atom is -0.484 e. The van der Waals surface area contributed by atoms with E-state index in [0.29, 0.717) is 25.0 Å². The van der Waals surface area contributed by atoms with Gasteiger partial charge in [-0.25, -0.2) is 0 Å². The van der Waals surface area contributed by atoms with Crippen molar-refractivity contribution < 1.29 is 24.5 Å². The monoisotopic (exact) mass is 489 g/mol. The number of fused-ring (bicyclic) bond motifs is 6. The number of aliphatic hydroxyl groups excluding tert-OH is 1. The van der Waals surface area contributed by atoms with E-state index in [2.05, 4.69) is 11.9 Å². The molecule has 1 heterocycles. The second kappa shape index (κ2) is 8.22. The molecule has 3 saturated carbocycles. The van der Waals surface area contributed by atoms with Crippen molar-refractivity contribution in [2.45, 2.75) is 70.5 Å². The number of carbonyl (C=O) groups is 2. The van der Waals surface area contributed by atoms with Gasteiger partial charge in [0.2, 0.25) is 5.78 Å². The Kier molecular flexibility index (Phi) is 5.44. The number of allylic oxidation sites excluding steroid dienone is 1. The van der Waals surface area contributed by atoms with Gasteiger partial charge in [-0.2, -0.15) is 0 Å². The molecule has 190 valence electrons. The fraction of sp³-hybridized carbons (Fsp3) is 0.567. The fourth-order valence-corrected chi connectivity index (χ4v) is 8.55. The predicted octanol–water partition coefficient (Wildman–Crippen LogP) is 4.42. The lowest BCUT2D eigenvalue weighted by Gasteiger charge is -2.60. The maximum absolute atomic E-state index is 13.5. The third-order valence-electron chi connectivity index (χ3n) is 10.4. The Bertz CT molecular complexity index is 1270. The van der Waals surface area contributed by atoms with Crippen molar-refractivity contribution in [1.29, 1.82) is 0 Å². The lowest BCUT2D eigenvalue weighted by molar-refractivity contribution is -0.181. The standard InChI is InChI=1S/C30H35NO5/c1-28-11-9-20(32)14-19(28)7-8-22-23-10-12-30(35,29(23,2)15-25(33)27(22)28)26(34)17-36-21-13-18-5-3-4-6-24(18)31-16-21/h3-6,13-14,16,22-23,25,27,33,35H,7-12,15,17H2,1-2H3/t22?,23?,25?,27?,28?,29?,30-/m0/s1. The molecular weight excluding hydrogens is 454 g/mol. The molecule has 0 amide bonds. The van der Waals surface area contributed by atoms with E-state index in [-0.39, 0.29) is 41.3 Å². The number of benzene rings is 1. The highest BCUT2D eigenvalue weighted by Gasteiger charge is 2.68. The Morgan fingerprint density at radius 2 is 1.97 bits per heavy atom. The van der Waals surface area contributed by atoms with Gasteiger partial charge in [0.25, 0.3) is 0 Å². The molecule has 2 aromatic rings. The molecule has 4 aliphatic carbocycles. The van der Waals surface area contributed by atoms with Crippen LogP contribution in [0, 0.1) is 28.6 Å². The zero-order valence-corrected chi connectivity index (χ0v) is 21.1. The summed E-state index contributed by atoms with van der Waals surface area (Å²) in [5.74, 6) is 0.803. The molecule has 4 aliphatic rings. The lowest BCUT2D eigenvalue weighted by Crippen LogP contribution is -2.62. The Balaban J connectivity index is 1.23. The zero-order chi connectivity index (χ0) is 25.3. The van der Waals surface area contributed by atoms with E-state index in [0.717, 1.165) is 36.6 Å². The minimum absolute atomic E-state index is 0.0565. The van der Waals surface area contributed by atoms with E-state index >= 15 is 0 Å². The van der Waals surface area contributed by atoms with E-state index in [4.69, 9.17) is 4.74 Å². The molecular formula is C30H35NO5. The van der Waals surface area contributed by atoms with Crippen LogP contribution in [-0.4, -0.2) is 45.1 Å². The van der Waals surface area contributed by atoms with Crippen molar-refractivity contribution in [3.05, 3.63) is 48.2 Å². The van der Waals surface area contributed by atoms with Crippen molar-refractivity contribution in [2.24, 2.45) is 28.6 Å². The topological polar surface area (TPSA) is 96.7 Å². The molecule has 3 fully saturated rings. The highest BCUT2D eigenvalue weighted by Crippen LogP contribution is 2.67. The number of Topliss-reactive ketones (excluding diaryl/α,β-unsaturated/α-hetero) is 1. The van der Waals surface area contributed by atoms with E-state index < -0.39 is 17.1 Å². The number of ketones is 2. The Morgan fingerprint density at radius 3 is 2.81 bits per heavy atom. The number of carbonyl (C=O) groups excluding carboxylic acids is 2. The smallest absolute Gasteiger partial charge is 0.202 e. The van der Waals surface area contributed by atoms with Gasteiger partial charge in [-0.05, 0) is 79.9 Å². The third-order valence-corrected chi connectivity index (χ3v) is 10.4. The summed E-state index contributed by atoms with van der Waals surface area (Å²) in [5, 5.41) is 24.4. The minimum atomic E-state index is -1.53. The van der Waals surface area contributed by atoms with Crippen LogP contribution < -0.4 is 4.74 Å². The van der Waals surface area contributed by atoms with Crippen molar-refractivity contribution in [1.82, 2.24) is 4.98 Å². The maximum Gasteiger partial charge on any atom is 0.202 e. The molecule has 6 rings (SSSR count). The molecule has 7 atom stereocenters. The Morgan fingerprint density at radius 1 is 1.17 bits per heavy atom. The zero-order valence-electron chi connectivity index (χ0n) is 21.1. The van der Waals surface area contributed by atoms with Crippen LogP contribution in [-0.2, 0) is 9.59 Å².